The maximum absolute atomic E-state index is 4.58. The zero-order chi connectivity index (χ0) is 13.9. The largest absolute Gasteiger partial charge is 0.340 e. The summed E-state index contributed by atoms with van der Waals surface area (Å²) in [4.78, 5) is 4.02. The van der Waals surface area contributed by atoms with Crippen LogP contribution in [0.2, 0.25) is 0 Å². The number of nitrogens with one attached hydrogen (secondary N) is 1. The Balaban J connectivity index is 2.03. The van der Waals surface area contributed by atoms with Crippen molar-refractivity contribution < 1.29 is 0 Å². The molecule has 0 fully saturated rings. The van der Waals surface area contributed by atoms with Crippen LogP contribution in [0.15, 0.2) is 54.9 Å². The van der Waals surface area contributed by atoms with Crippen LogP contribution in [-0.4, -0.2) is 14.8 Å². The lowest BCUT2D eigenvalue weighted by Gasteiger charge is -2.11. The Kier molecular flexibility index (Phi) is 3.21. The van der Waals surface area contributed by atoms with Crippen LogP contribution in [-0.2, 0) is 0 Å². The van der Waals surface area contributed by atoms with E-state index in [0.717, 1.165) is 22.9 Å². The van der Waals surface area contributed by atoms with Gasteiger partial charge in [0.15, 0.2) is 0 Å². The highest BCUT2D eigenvalue weighted by Gasteiger charge is 2.09. The van der Waals surface area contributed by atoms with Crippen LogP contribution in [0, 0.1) is 13.8 Å². The fourth-order valence-electron chi connectivity index (χ4n) is 2.16. The van der Waals surface area contributed by atoms with Crippen LogP contribution in [0.25, 0.3) is 5.69 Å². The van der Waals surface area contributed by atoms with Crippen LogP contribution >= 0.6 is 0 Å². The number of aryl methyl sites for hydroxylation is 2. The number of nitrogens with zero attached hydrogens (tertiary/aromatic N) is 3. The average Bonchev–Trinajstić information content (AvgIpc) is 2.81. The summed E-state index contributed by atoms with van der Waals surface area (Å²) >= 11 is 0. The van der Waals surface area contributed by atoms with Crippen LogP contribution in [0.3, 0.4) is 0 Å². The lowest BCUT2D eigenvalue weighted by molar-refractivity contribution is 0.862. The molecule has 0 radical (unpaired) electrons. The minimum absolute atomic E-state index is 0.947. The van der Waals surface area contributed by atoms with Gasteiger partial charge in [-0.05, 0) is 37.6 Å². The first kappa shape index (κ1) is 12.4. The van der Waals surface area contributed by atoms with Gasteiger partial charge >= 0.3 is 0 Å². The molecule has 2 aromatic heterocycles. The zero-order valence-electron chi connectivity index (χ0n) is 11.5. The predicted octanol–water partition coefficient (Wildman–Crippen LogP) is 3.63. The fraction of sp³-hybridized carbons (Fsp3) is 0.125. The van der Waals surface area contributed by atoms with Gasteiger partial charge in [-0.1, -0.05) is 18.2 Å². The number of aromatic nitrogens is 3. The molecule has 0 amide bonds. The van der Waals surface area contributed by atoms with Gasteiger partial charge in [0.2, 0.25) is 0 Å². The third-order valence-electron chi connectivity index (χ3n) is 3.13. The summed E-state index contributed by atoms with van der Waals surface area (Å²) in [5.74, 6) is 0.947. The monoisotopic (exact) mass is 264 g/mol. The van der Waals surface area contributed by atoms with Gasteiger partial charge in [-0.15, -0.1) is 0 Å². The van der Waals surface area contributed by atoms with Gasteiger partial charge < -0.3 is 5.32 Å². The quantitative estimate of drug-likeness (QED) is 0.785. The van der Waals surface area contributed by atoms with Crippen molar-refractivity contribution in [2.75, 3.05) is 5.32 Å². The number of pyridine rings is 1. The molecule has 4 heteroatoms. The van der Waals surface area contributed by atoms with E-state index in [1.165, 1.54) is 5.56 Å². The lowest BCUT2D eigenvalue weighted by Crippen LogP contribution is -2.04. The topological polar surface area (TPSA) is 42.7 Å². The molecule has 0 aliphatic carbocycles. The molecule has 0 unspecified atom stereocenters. The molecule has 20 heavy (non-hydrogen) atoms. The molecular weight excluding hydrogens is 248 g/mol. The Morgan fingerprint density at radius 3 is 2.50 bits per heavy atom. The molecule has 2 heterocycles. The molecule has 0 atom stereocenters. The van der Waals surface area contributed by atoms with Gasteiger partial charge in [0.05, 0.1) is 11.4 Å². The molecule has 0 saturated carbocycles. The van der Waals surface area contributed by atoms with E-state index in [4.69, 9.17) is 0 Å². The van der Waals surface area contributed by atoms with E-state index < -0.39 is 0 Å². The number of hydrogen-bond donors (Lipinski definition) is 1. The van der Waals surface area contributed by atoms with Crippen molar-refractivity contribution in [2.24, 2.45) is 0 Å². The molecule has 3 rings (SSSR count). The summed E-state index contributed by atoms with van der Waals surface area (Å²) < 4.78 is 1.94. The smallest absolute Gasteiger partial charge is 0.134 e. The van der Waals surface area contributed by atoms with Crippen molar-refractivity contribution in [1.82, 2.24) is 14.8 Å². The highest BCUT2D eigenvalue weighted by molar-refractivity contribution is 5.59. The van der Waals surface area contributed by atoms with Crippen molar-refractivity contribution in [3.05, 3.63) is 66.1 Å². The van der Waals surface area contributed by atoms with E-state index in [0.29, 0.717) is 0 Å². The van der Waals surface area contributed by atoms with Gasteiger partial charge in [-0.3, -0.25) is 4.98 Å². The molecule has 0 bridgehead atoms. The number of para-hydroxylation sites is 1. The minimum atomic E-state index is 0.947. The number of anilines is 2. The Labute approximate surface area is 118 Å². The maximum Gasteiger partial charge on any atom is 0.134 e. The van der Waals surface area contributed by atoms with Crippen molar-refractivity contribution >= 4 is 11.5 Å². The van der Waals surface area contributed by atoms with Gasteiger partial charge in [0.25, 0.3) is 0 Å². The maximum atomic E-state index is 4.58. The standard InChI is InChI=1S/C16H16N4/c1-12-5-3-4-6-15(12)20-16(11-13(2)19-20)18-14-7-9-17-10-8-14/h3-11H,1-2H3,(H,17,18). The van der Waals surface area contributed by atoms with Crippen LogP contribution in [0.5, 0.6) is 0 Å². The van der Waals surface area contributed by atoms with Crippen LogP contribution < -0.4 is 5.32 Å². The molecular formula is C16H16N4. The summed E-state index contributed by atoms with van der Waals surface area (Å²) in [5, 5.41) is 7.96. The number of rotatable bonds is 3. The van der Waals surface area contributed by atoms with Crippen molar-refractivity contribution in [1.29, 1.82) is 0 Å². The number of hydrogen-bond acceptors (Lipinski definition) is 3. The van der Waals surface area contributed by atoms with E-state index in [9.17, 15) is 0 Å². The lowest BCUT2D eigenvalue weighted by atomic mass is 10.2. The Morgan fingerprint density at radius 1 is 1.00 bits per heavy atom. The summed E-state index contributed by atoms with van der Waals surface area (Å²) in [7, 11) is 0. The first-order valence-corrected chi connectivity index (χ1v) is 6.54. The fourth-order valence-corrected chi connectivity index (χ4v) is 2.16. The highest BCUT2D eigenvalue weighted by Crippen LogP contribution is 2.22. The van der Waals surface area contributed by atoms with Crippen LogP contribution in [0.4, 0.5) is 11.5 Å². The summed E-state index contributed by atoms with van der Waals surface area (Å²) in [5.41, 5.74) is 4.24. The van der Waals surface area contributed by atoms with E-state index in [-0.39, 0.29) is 0 Å². The molecule has 0 spiro atoms. The number of benzene rings is 1. The molecule has 4 nitrogen and oxygen atoms in total. The van der Waals surface area contributed by atoms with Crippen molar-refractivity contribution in [3.8, 4) is 5.69 Å². The average molecular weight is 264 g/mol. The van der Waals surface area contributed by atoms with E-state index >= 15 is 0 Å². The zero-order valence-corrected chi connectivity index (χ0v) is 11.5. The van der Waals surface area contributed by atoms with Gasteiger partial charge in [-0.25, -0.2) is 4.68 Å². The first-order chi connectivity index (χ1) is 9.74. The molecule has 1 aromatic carbocycles. The molecule has 0 aliphatic rings. The van der Waals surface area contributed by atoms with Crippen molar-refractivity contribution in [2.45, 2.75) is 13.8 Å². The second kappa shape index (κ2) is 5.17. The molecule has 100 valence electrons. The highest BCUT2D eigenvalue weighted by atomic mass is 15.3. The normalized spacial score (nSPS) is 10.5. The van der Waals surface area contributed by atoms with E-state index in [1.54, 1.807) is 12.4 Å². The Morgan fingerprint density at radius 2 is 1.75 bits per heavy atom. The molecule has 0 aliphatic heterocycles. The first-order valence-electron chi connectivity index (χ1n) is 6.54. The van der Waals surface area contributed by atoms with Gasteiger partial charge in [0.1, 0.15) is 5.82 Å². The SMILES string of the molecule is Cc1cc(Nc2ccncc2)n(-c2ccccc2C)n1. The Hall–Kier alpha value is -2.62. The molecule has 3 aromatic rings. The third kappa shape index (κ3) is 2.40. The second-order valence-corrected chi connectivity index (χ2v) is 4.73. The van der Waals surface area contributed by atoms with Crippen LogP contribution in [0.1, 0.15) is 11.3 Å². The van der Waals surface area contributed by atoms with Gasteiger partial charge in [-0.2, -0.15) is 5.10 Å². The van der Waals surface area contributed by atoms with E-state index in [1.807, 2.05) is 41.9 Å². The predicted molar refractivity (Wildman–Crippen MR) is 80.6 cm³/mol. The second-order valence-electron chi connectivity index (χ2n) is 4.73. The summed E-state index contributed by atoms with van der Waals surface area (Å²) in [6.07, 6.45) is 3.54. The summed E-state index contributed by atoms with van der Waals surface area (Å²) in [6, 6.07) is 14.1. The third-order valence-corrected chi connectivity index (χ3v) is 3.13. The van der Waals surface area contributed by atoms with Crippen molar-refractivity contribution in [3.63, 3.8) is 0 Å². The van der Waals surface area contributed by atoms with E-state index in [2.05, 4.69) is 34.5 Å². The van der Waals surface area contributed by atoms with Gasteiger partial charge in [0, 0.05) is 24.1 Å². The minimum Gasteiger partial charge on any atom is -0.340 e. The molecule has 1 N–H and O–H groups in total. The molecule has 0 saturated heterocycles. The Bertz CT molecular complexity index is 716. The summed E-state index contributed by atoms with van der Waals surface area (Å²) in [6.45, 7) is 4.08.